The number of thiocarbonyl (C=S) groups is 1. The Hall–Kier alpha value is -1.56. The Labute approximate surface area is 157 Å². The lowest BCUT2D eigenvalue weighted by Gasteiger charge is -2.21. The third kappa shape index (κ3) is 4.09. The Bertz CT molecular complexity index is 732. The van der Waals surface area contributed by atoms with Crippen LogP contribution >= 0.6 is 35.4 Å². The van der Waals surface area contributed by atoms with Gasteiger partial charge in [-0.1, -0.05) is 29.3 Å². The summed E-state index contributed by atoms with van der Waals surface area (Å²) in [4.78, 5) is 6.63. The summed E-state index contributed by atoms with van der Waals surface area (Å²) in [6, 6.07) is 7.43. The molecule has 1 aliphatic rings. The fraction of sp³-hybridized carbons (Fsp3) is 0.294. The molecule has 0 unspecified atom stereocenters. The molecule has 0 bridgehead atoms. The van der Waals surface area contributed by atoms with Crippen LogP contribution in [0.5, 0.6) is 0 Å². The van der Waals surface area contributed by atoms with Crippen molar-refractivity contribution in [2.24, 2.45) is 0 Å². The van der Waals surface area contributed by atoms with Crippen molar-refractivity contribution >= 4 is 51.9 Å². The minimum absolute atomic E-state index is 0.463. The first kappa shape index (κ1) is 17.3. The van der Waals surface area contributed by atoms with Gasteiger partial charge in [-0.3, -0.25) is 4.98 Å². The van der Waals surface area contributed by atoms with Gasteiger partial charge in [0.15, 0.2) is 5.11 Å². The lowest BCUT2D eigenvalue weighted by atomic mass is 10.2. The molecule has 0 aliphatic carbocycles. The number of rotatable bonds is 4. The van der Waals surface area contributed by atoms with Gasteiger partial charge in [0, 0.05) is 25.8 Å². The van der Waals surface area contributed by atoms with Crippen LogP contribution in [-0.2, 0) is 6.54 Å². The van der Waals surface area contributed by atoms with Gasteiger partial charge < -0.3 is 15.5 Å². The van der Waals surface area contributed by atoms with Crippen LogP contribution in [0.2, 0.25) is 10.0 Å². The van der Waals surface area contributed by atoms with E-state index in [-0.39, 0.29) is 0 Å². The quantitative estimate of drug-likeness (QED) is 0.765. The SMILES string of the molecule is S=C(NCc1ccncc1N1CCCC1)Nc1cccc(Cl)c1Cl. The lowest BCUT2D eigenvalue weighted by Crippen LogP contribution is -2.29. The van der Waals surface area contributed by atoms with Crippen molar-refractivity contribution in [2.75, 3.05) is 23.3 Å². The molecule has 4 nitrogen and oxygen atoms in total. The Kier molecular flexibility index (Phi) is 5.76. The van der Waals surface area contributed by atoms with Crippen LogP contribution in [0.25, 0.3) is 0 Å². The molecule has 126 valence electrons. The minimum Gasteiger partial charge on any atom is -0.370 e. The van der Waals surface area contributed by atoms with Crippen LogP contribution in [0, 0.1) is 0 Å². The van der Waals surface area contributed by atoms with Gasteiger partial charge in [0.25, 0.3) is 0 Å². The lowest BCUT2D eigenvalue weighted by molar-refractivity contribution is 0.885. The molecule has 2 aromatic rings. The second kappa shape index (κ2) is 8.01. The maximum Gasteiger partial charge on any atom is 0.171 e. The van der Waals surface area contributed by atoms with E-state index in [9.17, 15) is 0 Å². The number of nitrogens with zero attached hydrogens (tertiary/aromatic N) is 2. The average Bonchev–Trinajstić information content (AvgIpc) is 3.12. The zero-order valence-electron chi connectivity index (χ0n) is 13.1. The highest BCUT2D eigenvalue weighted by molar-refractivity contribution is 7.80. The first-order valence-corrected chi connectivity index (χ1v) is 8.98. The van der Waals surface area contributed by atoms with E-state index < -0.39 is 0 Å². The standard InChI is InChI=1S/C17H18Cl2N4S/c18-13-4-3-5-14(16(13)19)22-17(24)21-10-12-6-7-20-11-15(12)23-8-1-2-9-23/h3-7,11H,1-2,8-10H2,(H2,21,22,24). The molecular weight excluding hydrogens is 363 g/mol. The highest BCUT2D eigenvalue weighted by Gasteiger charge is 2.16. The van der Waals surface area contributed by atoms with Crippen molar-refractivity contribution in [3.05, 3.63) is 52.3 Å². The summed E-state index contributed by atoms with van der Waals surface area (Å²) in [6.45, 7) is 2.79. The monoisotopic (exact) mass is 380 g/mol. The van der Waals surface area contributed by atoms with Gasteiger partial charge in [-0.15, -0.1) is 0 Å². The van der Waals surface area contributed by atoms with Crippen molar-refractivity contribution in [1.29, 1.82) is 0 Å². The Morgan fingerprint density at radius 3 is 2.79 bits per heavy atom. The van der Waals surface area contributed by atoms with E-state index in [1.165, 1.54) is 24.1 Å². The molecule has 0 spiro atoms. The molecular formula is C17H18Cl2N4S. The van der Waals surface area contributed by atoms with E-state index in [1.54, 1.807) is 12.3 Å². The highest BCUT2D eigenvalue weighted by atomic mass is 35.5. The summed E-state index contributed by atoms with van der Waals surface area (Å²) < 4.78 is 0. The molecule has 0 saturated carbocycles. The number of hydrogen-bond donors (Lipinski definition) is 2. The minimum atomic E-state index is 0.463. The molecule has 1 aromatic carbocycles. The maximum atomic E-state index is 6.17. The summed E-state index contributed by atoms with van der Waals surface area (Å²) in [5.74, 6) is 0. The molecule has 7 heteroatoms. The summed E-state index contributed by atoms with van der Waals surface area (Å²) in [5.41, 5.74) is 3.04. The zero-order valence-corrected chi connectivity index (χ0v) is 15.4. The van der Waals surface area contributed by atoms with Crippen molar-refractivity contribution in [3.63, 3.8) is 0 Å². The number of hydrogen-bond acceptors (Lipinski definition) is 3. The number of anilines is 2. The van der Waals surface area contributed by atoms with Crippen molar-refractivity contribution in [3.8, 4) is 0 Å². The molecule has 2 heterocycles. The van der Waals surface area contributed by atoms with Gasteiger partial charge in [-0.05, 0) is 48.8 Å². The van der Waals surface area contributed by atoms with E-state index >= 15 is 0 Å². The van der Waals surface area contributed by atoms with Crippen molar-refractivity contribution in [1.82, 2.24) is 10.3 Å². The van der Waals surface area contributed by atoms with Gasteiger partial charge in [-0.2, -0.15) is 0 Å². The number of pyridine rings is 1. The van der Waals surface area contributed by atoms with Crippen LogP contribution < -0.4 is 15.5 Å². The van der Waals surface area contributed by atoms with Gasteiger partial charge >= 0.3 is 0 Å². The topological polar surface area (TPSA) is 40.2 Å². The molecule has 1 saturated heterocycles. The predicted octanol–water partition coefficient (Wildman–Crippen LogP) is 4.48. The normalized spacial score (nSPS) is 13.8. The van der Waals surface area contributed by atoms with Crippen LogP contribution in [-0.4, -0.2) is 23.2 Å². The Morgan fingerprint density at radius 2 is 2.00 bits per heavy atom. The number of benzene rings is 1. The third-order valence-electron chi connectivity index (χ3n) is 3.97. The van der Waals surface area contributed by atoms with Crippen LogP contribution in [0.1, 0.15) is 18.4 Å². The van der Waals surface area contributed by atoms with E-state index in [0.717, 1.165) is 13.1 Å². The fourth-order valence-electron chi connectivity index (χ4n) is 2.75. The molecule has 0 radical (unpaired) electrons. The molecule has 0 amide bonds. The van der Waals surface area contributed by atoms with Crippen LogP contribution in [0.3, 0.4) is 0 Å². The van der Waals surface area contributed by atoms with Crippen molar-refractivity contribution in [2.45, 2.75) is 19.4 Å². The first-order valence-electron chi connectivity index (χ1n) is 7.82. The summed E-state index contributed by atoms with van der Waals surface area (Å²) in [7, 11) is 0. The van der Waals surface area contributed by atoms with Gasteiger partial charge in [0.05, 0.1) is 27.6 Å². The van der Waals surface area contributed by atoms with E-state index in [1.807, 2.05) is 24.4 Å². The molecule has 24 heavy (non-hydrogen) atoms. The fourth-order valence-corrected chi connectivity index (χ4v) is 3.28. The molecule has 1 fully saturated rings. The Balaban J connectivity index is 1.63. The van der Waals surface area contributed by atoms with E-state index in [0.29, 0.717) is 27.4 Å². The summed E-state index contributed by atoms with van der Waals surface area (Å²) in [6.07, 6.45) is 6.19. The number of halogens is 2. The largest absolute Gasteiger partial charge is 0.370 e. The highest BCUT2D eigenvalue weighted by Crippen LogP contribution is 2.29. The number of aromatic nitrogens is 1. The smallest absolute Gasteiger partial charge is 0.171 e. The van der Waals surface area contributed by atoms with Gasteiger partial charge in [-0.25, -0.2) is 0 Å². The second-order valence-electron chi connectivity index (χ2n) is 5.61. The van der Waals surface area contributed by atoms with E-state index in [2.05, 4.69) is 20.5 Å². The average molecular weight is 381 g/mol. The zero-order chi connectivity index (χ0) is 16.9. The van der Waals surface area contributed by atoms with Crippen LogP contribution in [0.4, 0.5) is 11.4 Å². The summed E-state index contributed by atoms with van der Waals surface area (Å²) in [5, 5.41) is 7.77. The van der Waals surface area contributed by atoms with Crippen molar-refractivity contribution < 1.29 is 0 Å². The third-order valence-corrected chi connectivity index (χ3v) is 5.04. The predicted molar refractivity (Wildman–Crippen MR) is 105 cm³/mol. The molecule has 0 atom stereocenters. The molecule has 1 aliphatic heterocycles. The van der Waals surface area contributed by atoms with Gasteiger partial charge in [0.2, 0.25) is 0 Å². The first-order chi connectivity index (χ1) is 11.6. The maximum absolute atomic E-state index is 6.17. The molecule has 3 rings (SSSR count). The van der Waals surface area contributed by atoms with Gasteiger partial charge in [0.1, 0.15) is 0 Å². The second-order valence-corrected chi connectivity index (χ2v) is 6.80. The number of nitrogens with one attached hydrogen (secondary N) is 2. The Morgan fingerprint density at radius 1 is 1.21 bits per heavy atom. The molecule has 2 N–H and O–H groups in total. The molecule has 1 aromatic heterocycles. The summed E-state index contributed by atoms with van der Waals surface area (Å²) >= 11 is 17.5. The van der Waals surface area contributed by atoms with E-state index in [4.69, 9.17) is 35.4 Å². The van der Waals surface area contributed by atoms with Crippen LogP contribution in [0.15, 0.2) is 36.7 Å².